The van der Waals surface area contributed by atoms with E-state index >= 15 is 0 Å². The first-order valence-electron chi connectivity index (χ1n) is 5.73. The van der Waals surface area contributed by atoms with E-state index in [-0.39, 0.29) is 11.9 Å². The SMILES string of the molecule is c1coc([C@H]2COC3(CCCCC3)O2)c1. The largest absolute Gasteiger partial charge is 0.466 e. The average Bonchev–Trinajstić information content (AvgIpc) is 2.88. The van der Waals surface area contributed by atoms with Gasteiger partial charge >= 0.3 is 0 Å². The topological polar surface area (TPSA) is 31.6 Å². The monoisotopic (exact) mass is 208 g/mol. The predicted molar refractivity (Wildman–Crippen MR) is 54.3 cm³/mol. The predicted octanol–water partition coefficient (Wildman–Crippen LogP) is 3.03. The maximum absolute atomic E-state index is 6.02. The van der Waals surface area contributed by atoms with Crippen molar-refractivity contribution in [2.24, 2.45) is 0 Å². The second-order valence-corrected chi connectivity index (χ2v) is 4.40. The maximum atomic E-state index is 6.02. The first kappa shape index (κ1) is 9.43. The third-order valence-corrected chi connectivity index (χ3v) is 3.33. The van der Waals surface area contributed by atoms with Crippen LogP contribution >= 0.6 is 0 Å². The van der Waals surface area contributed by atoms with E-state index in [1.54, 1.807) is 6.26 Å². The van der Waals surface area contributed by atoms with Crippen molar-refractivity contribution in [2.45, 2.75) is 44.0 Å². The third kappa shape index (κ3) is 1.70. The molecule has 0 amide bonds. The average molecular weight is 208 g/mol. The van der Waals surface area contributed by atoms with Gasteiger partial charge < -0.3 is 13.9 Å². The van der Waals surface area contributed by atoms with E-state index in [0.29, 0.717) is 6.61 Å². The summed E-state index contributed by atoms with van der Waals surface area (Å²) in [6.07, 6.45) is 7.48. The molecule has 0 bridgehead atoms. The summed E-state index contributed by atoms with van der Waals surface area (Å²) in [4.78, 5) is 0. The fraction of sp³-hybridized carbons (Fsp3) is 0.667. The molecule has 0 aromatic carbocycles. The molecule has 2 fully saturated rings. The molecule has 1 aliphatic carbocycles. The van der Waals surface area contributed by atoms with Gasteiger partial charge in [-0.05, 0) is 25.0 Å². The van der Waals surface area contributed by atoms with Crippen LogP contribution in [-0.4, -0.2) is 12.4 Å². The lowest BCUT2D eigenvalue weighted by Crippen LogP contribution is -2.32. The van der Waals surface area contributed by atoms with E-state index in [0.717, 1.165) is 18.6 Å². The Morgan fingerprint density at radius 2 is 2.07 bits per heavy atom. The molecular weight excluding hydrogens is 192 g/mol. The minimum Gasteiger partial charge on any atom is -0.466 e. The van der Waals surface area contributed by atoms with Crippen LogP contribution in [0.15, 0.2) is 22.8 Å². The second-order valence-electron chi connectivity index (χ2n) is 4.40. The normalized spacial score (nSPS) is 29.7. The smallest absolute Gasteiger partial charge is 0.169 e. The quantitative estimate of drug-likeness (QED) is 0.711. The van der Waals surface area contributed by atoms with Crippen molar-refractivity contribution in [2.75, 3.05) is 6.61 Å². The van der Waals surface area contributed by atoms with Crippen molar-refractivity contribution in [3.63, 3.8) is 0 Å². The van der Waals surface area contributed by atoms with E-state index < -0.39 is 0 Å². The summed E-state index contributed by atoms with van der Waals surface area (Å²) in [6.45, 7) is 0.632. The molecule has 1 aliphatic heterocycles. The summed E-state index contributed by atoms with van der Waals surface area (Å²) in [7, 11) is 0. The van der Waals surface area contributed by atoms with Crippen molar-refractivity contribution in [3.05, 3.63) is 24.2 Å². The minimum atomic E-state index is -0.296. The zero-order valence-corrected chi connectivity index (χ0v) is 8.78. The Morgan fingerprint density at radius 3 is 2.80 bits per heavy atom. The molecule has 0 radical (unpaired) electrons. The van der Waals surface area contributed by atoms with Crippen LogP contribution in [0.2, 0.25) is 0 Å². The van der Waals surface area contributed by atoms with E-state index in [4.69, 9.17) is 13.9 Å². The van der Waals surface area contributed by atoms with Crippen molar-refractivity contribution in [3.8, 4) is 0 Å². The number of ether oxygens (including phenoxy) is 2. The minimum absolute atomic E-state index is 0.00176. The Kier molecular flexibility index (Phi) is 2.29. The summed E-state index contributed by atoms with van der Waals surface area (Å²) >= 11 is 0. The molecule has 82 valence electrons. The van der Waals surface area contributed by atoms with Gasteiger partial charge in [0, 0.05) is 12.8 Å². The fourth-order valence-corrected chi connectivity index (χ4v) is 2.52. The standard InChI is InChI=1S/C12H16O3/c1-2-6-12(7-3-1)14-9-11(15-12)10-5-4-8-13-10/h4-5,8,11H,1-3,6-7,9H2/t11-/m1/s1. The van der Waals surface area contributed by atoms with Gasteiger partial charge in [-0.2, -0.15) is 0 Å². The highest BCUT2D eigenvalue weighted by molar-refractivity contribution is 5.04. The highest BCUT2D eigenvalue weighted by Gasteiger charge is 2.43. The van der Waals surface area contributed by atoms with Gasteiger partial charge in [-0.1, -0.05) is 6.42 Å². The van der Waals surface area contributed by atoms with Crippen molar-refractivity contribution in [1.29, 1.82) is 0 Å². The van der Waals surface area contributed by atoms with Gasteiger partial charge in [0.15, 0.2) is 5.79 Å². The number of furan rings is 1. The second kappa shape index (κ2) is 3.65. The lowest BCUT2D eigenvalue weighted by atomic mass is 9.94. The highest BCUT2D eigenvalue weighted by Crippen LogP contribution is 2.42. The van der Waals surface area contributed by atoms with Crippen LogP contribution in [0, 0.1) is 0 Å². The summed E-state index contributed by atoms with van der Waals surface area (Å²) in [5, 5.41) is 0. The third-order valence-electron chi connectivity index (χ3n) is 3.33. The van der Waals surface area contributed by atoms with Gasteiger partial charge in [-0.25, -0.2) is 0 Å². The summed E-state index contributed by atoms with van der Waals surface area (Å²) in [5.74, 6) is 0.591. The molecule has 2 heterocycles. The number of hydrogen-bond acceptors (Lipinski definition) is 3. The van der Waals surface area contributed by atoms with E-state index in [1.807, 2.05) is 12.1 Å². The van der Waals surface area contributed by atoms with Crippen molar-refractivity contribution >= 4 is 0 Å². The van der Waals surface area contributed by atoms with Crippen LogP contribution in [0.3, 0.4) is 0 Å². The van der Waals surface area contributed by atoms with Gasteiger partial charge in [0.2, 0.25) is 0 Å². The molecule has 2 aliphatic rings. The van der Waals surface area contributed by atoms with E-state index in [2.05, 4.69) is 0 Å². The molecule has 15 heavy (non-hydrogen) atoms. The zero-order chi connectivity index (χ0) is 10.1. The van der Waals surface area contributed by atoms with Gasteiger partial charge in [-0.15, -0.1) is 0 Å². The maximum Gasteiger partial charge on any atom is 0.169 e. The van der Waals surface area contributed by atoms with Crippen LogP contribution in [-0.2, 0) is 9.47 Å². The molecular formula is C12H16O3. The fourth-order valence-electron chi connectivity index (χ4n) is 2.52. The Balaban J connectivity index is 1.72. The molecule has 3 heteroatoms. The number of hydrogen-bond donors (Lipinski definition) is 0. The molecule has 0 N–H and O–H groups in total. The molecule has 1 atom stereocenters. The first-order valence-corrected chi connectivity index (χ1v) is 5.73. The van der Waals surface area contributed by atoms with Gasteiger partial charge in [-0.3, -0.25) is 0 Å². The van der Waals surface area contributed by atoms with Gasteiger partial charge in [0.1, 0.15) is 11.9 Å². The van der Waals surface area contributed by atoms with E-state index in [9.17, 15) is 0 Å². The number of rotatable bonds is 1. The van der Waals surface area contributed by atoms with Crippen LogP contribution in [0.5, 0.6) is 0 Å². The van der Waals surface area contributed by atoms with Crippen LogP contribution in [0.25, 0.3) is 0 Å². The van der Waals surface area contributed by atoms with Gasteiger partial charge in [0.05, 0.1) is 12.9 Å². The molecule has 1 aromatic heterocycles. The first-order chi connectivity index (χ1) is 7.38. The molecule has 0 unspecified atom stereocenters. The zero-order valence-electron chi connectivity index (χ0n) is 8.78. The Hall–Kier alpha value is -0.800. The molecule has 3 nitrogen and oxygen atoms in total. The summed E-state index contributed by atoms with van der Waals surface area (Å²) < 4.78 is 17.2. The van der Waals surface area contributed by atoms with Gasteiger partial charge in [0.25, 0.3) is 0 Å². The van der Waals surface area contributed by atoms with Crippen LogP contribution in [0.4, 0.5) is 0 Å². The van der Waals surface area contributed by atoms with E-state index in [1.165, 1.54) is 19.3 Å². The Bertz CT molecular complexity index is 312. The molecule has 1 aromatic rings. The Labute approximate surface area is 89.4 Å². The molecule has 1 saturated carbocycles. The highest BCUT2D eigenvalue weighted by atomic mass is 16.7. The lowest BCUT2D eigenvalue weighted by molar-refractivity contribution is -0.189. The lowest BCUT2D eigenvalue weighted by Gasteiger charge is -2.31. The van der Waals surface area contributed by atoms with Crippen LogP contribution in [0.1, 0.15) is 44.0 Å². The molecule has 1 spiro atoms. The molecule has 1 saturated heterocycles. The Morgan fingerprint density at radius 1 is 1.20 bits per heavy atom. The summed E-state index contributed by atoms with van der Waals surface area (Å²) in [6, 6.07) is 3.85. The molecule has 3 rings (SSSR count). The van der Waals surface area contributed by atoms with Crippen LogP contribution < -0.4 is 0 Å². The van der Waals surface area contributed by atoms with Crippen molar-refractivity contribution < 1.29 is 13.9 Å². The van der Waals surface area contributed by atoms with Crippen molar-refractivity contribution in [1.82, 2.24) is 0 Å². The summed E-state index contributed by atoms with van der Waals surface area (Å²) in [5.41, 5.74) is 0.